The van der Waals surface area contributed by atoms with Crippen LogP contribution in [-0.4, -0.2) is 49.8 Å². The van der Waals surface area contributed by atoms with Gasteiger partial charge in [-0.2, -0.15) is 0 Å². The average Bonchev–Trinajstić information content (AvgIpc) is 2.34. The van der Waals surface area contributed by atoms with Crippen molar-refractivity contribution >= 4 is 0 Å². The first-order chi connectivity index (χ1) is 8.27. The first kappa shape index (κ1) is 14.9. The third-order valence-corrected chi connectivity index (χ3v) is 3.59. The minimum Gasteiger partial charge on any atom is -0.376 e. The molecule has 0 radical (unpaired) electrons. The molecule has 1 rings (SSSR count). The molecule has 1 aliphatic rings. The molecule has 0 spiro atoms. The molecule has 2 atom stereocenters. The zero-order chi connectivity index (χ0) is 12.5. The summed E-state index contributed by atoms with van der Waals surface area (Å²) in [5.41, 5.74) is 0. The highest BCUT2D eigenvalue weighted by molar-refractivity contribution is 4.77. The fourth-order valence-corrected chi connectivity index (χ4v) is 2.41. The van der Waals surface area contributed by atoms with Crippen LogP contribution in [0.3, 0.4) is 0 Å². The molecule has 0 bridgehead atoms. The van der Waals surface area contributed by atoms with Crippen LogP contribution in [0.2, 0.25) is 0 Å². The monoisotopic (exact) mass is 242 g/mol. The van der Waals surface area contributed by atoms with Gasteiger partial charge in [-0.1, -0.05) is 26.7 Å². The Morgan fingerprint density at radius 3 is 2.76 bits per heavy atom. The lowest BCUT2D eigenvalue weighted by Gasteiger charge is -2.38. The van der Waals surface area contributed by atoms with Crippen LogP contribution in [0.4, 0.5) is 0 Å². The Balaban J connectivity index is 2.10. The minimum absolute atomic E-state index is 0.401. The van der Waals surface area contributed by atoms with Crippen LogP contribution in [0.25, 0.3) is 0 Å². The van der Waals surface area contributed by atoms with Crippen LogP contribution in [0.1, 0.15) is 46.5 Å². The fourth-order valence-electron chi connectivity index (χ4n) is 2.41. The first-order valence-corrected chi connectivity index (χ1v) is 7.34. The minimum atomic E-state index is 0.401. The Morgan fingerprint density at radius 2 is 2.06 bits per heavy atom. The zero-order valence-electron chi connectivity index (χ0n) is 11.9. The van der Waals surface area contributed by atoms with Gasteiger partial charge in [-0.3, -0.25) is 4.90 Å². The van der Waals surface area contributed by atoms with Crippen molar-refractivity contribution in [2.45, 2.75) is 58.6 Å². The highest BCUT2D eigenvalue weighted by atomic mass is 16.5. The van der Waals surface area contributed by atoms with E-state index in [4.69, 9.17) is 4.74 Å². The van der Waals surface area contributed by atoms with Crippen molar-refractivity contribution in [1.82, 2.24) is 10.2 Å². The number of morpholine rings is 1. The van der Waals surface area contributed by atoms with Gasteiger partial charge in [0.15, 0.2) is 0 Å². The summed E-state index contributed by atoms with van der Waals surface area (Å²) in [6.45, 7) is 12.1. The molecular formula is C14H30N2O. The van der Waals surface area contributed by atoms with Gasteiger partial charge in [0.05, 0.1) is 12.7 Å². The number of ether oxygens (including phenoxy) is 1. The quantitative estimate of drug-likeness (QED) is 0.661. The smallest absolute Gasteiger partial charge is 0.0674 e. The van der Waals surface area contributed by atoms with Gasteiger partial charge < -0.3 is 10.1 Å². The van der Waals surface area contributed by atoms with Gasteiger partial charge in [0.2, 0.25) is 0 Å². The average molecular weight is 242 g/mol. The molecule has 1 aliphatic heterocycles. The Hall–Kier alpha value is -0.120. The maximum absolute atomic E-state index is 5.71. The standard InChI is InChI=1S/C14H30N2O/c1-4-6-7-8-15-9-10-16-11-13(3)17-12-14(16)5-2/h13-15H,4-12H2,1-3H3. The van der Waals surface area contributed by atoms with Crippen molar-refractivity contribution in [2.24, 2.45) is 0 Å². The van der Waals surface area contributed by atoms with E-state index >= 15 is 0 Å². The molecule has 1 saturated heterocycles. The molecule has 3 nitrogen and oxygen atoms in total. The lowest BCUT2D eigenvalue weighted by molar-refractivity contribution is -0.0550. The van der Waals surface area contributed by atoms with Gasteiger partial charge in [-0.05, 0) is 26.3 Å². The number of rotatable bonds is 8. The molecule has 1 fully saturated rings. The second-order valence-electron chi connectivity index (χ2n) is 5.16. The number of unbranched alkanes of at least 4 members (excludes halogenated alkanes) is 2. The first-order valence-electron chi connectivity index (χ1n) is 7.34. The summed E-state index contributed by atoms with van der Waals surface area (Å²) in [5, 5.41) is 3.54. The number of hydrogen-bond acceptors (Lipinski definition) is 3. The van der Waals surface area contributed by atoms with E-state index in [0.29, 0.717) is 12.1 Å². The van der Waals surface area contributed by atoms with E-state index in [1.165, 1.54) is 38.8 Å². The Bertz CT molecular complexity index is 187. The van der Waals surface area contributed by atoms with E-state index in [1.54, 1.807) is 0 Å². The highest BCUT2D eigenvalue weighted by Gasteiger charge is 2.24. The predicted molar refractivity (Wildman–Crippen MR) is 73.5 cm³/mol. The summed E-state index contributed by atoms with van der Waals surface area (Å²) in [6.07, 6.45) is 5.56. The molecule has 0 aromatic rings. The van der Waals surface area contributed by atoms with Crippen LogP contribution < -0.4 is 5.32 Å². The molecule has 0 aromatic heterocycles. The molecule has 1 N–H and O–H groups in total. The molecule has 0 aliphatic carbocycles. The topological polar surface area (TPSA) is 24.5 Å². The van der Waals surface area contributed by atoms with Gasteiger partial charge in [0, 0.05) is 25.7 Å². The lowest BCUT2D eigenvalue weighted by Crippen LogP contribution is -2.50. The van der Waals surface area contributed by atoms with Crippen molar-refractivity contribution in [2.75, 3.05) is 32.8 Å². The highest BCUT2D eigenvalue weighted by Crippen LogP contribution is 2.13. The van der Waals surface area contributed by atoms with Crippen molar-refractivity contribution in [3.8, 4) is 0 Å². The third-order valence-electron chi connectivity index (χ3n) is 3.59. The molecule has 17 heavy (non-hydrogen) atoms. The maximum atomic E-state index is 5.71. The number of hydrogen-bond donors (Lipinski definition) is 1. The Morgan fingerprint density at radius 1 is 1.24 bits per heavy atom. The Labute approximate surface area is 107 Å². The predicted octanol–water partition coefficient (Wildman–Crippen LogP) is 2.27. The number of nitrogens with zero attached hydrogens (tertiary/aromatic N) is 1. The van der Waals surface area contributed by atoms with Gasteiger partial charge >= 0.3 is 0 Å². The van der Waals surface area contributed by atoms with E-state index in [2.05, 4.69) is 31.0 Å². The Kier molecular flexibility index (Phi) is 7.82. The second kappa shape index (κ2) is 8.90. The van der Waals surface area contributed by atoms with Crippen LogP contribution >= 0.6 is 0 Å². The molecule has 0 aromatic carbocycles. The van der Waals surface area contributed by atoms with Crippen molar-refractivity contribution in [3.63, 3.8) is 0 Å². The van der Waals surface area contributed by atoms with E-state index in [-0.39, 0.29) is 0 Å². The fraction of sp³-hybridized carbons (Fsp3) is 1.00. The number of nitrogens with one attached hydrogen (secondary N) is 1. The van der Waals surface area contributed by atoms with Crippen LogP contribution in [0.15, 0.2) is 0 Å². The molecule has 3 heteroatoms. The van der Waals surface area contributed by atoms with Gasteiger partial charge in [-0.15, -0.1) is 0 Å². The van der Waals surface area contributed by atoms with E-state index in [1.807, 2.05) is 0 Å². The summed E-state index contributed by atoms with van der Waals surface area (Å²) in [4.78, 5) is 2.58. The normalized spacial score (nSPS) is 26.3. The second-order valence-corrected chi connectivity index (χ2v) is 5.16. The van der Waals surface area contributed by atoms with Crippen LogP contribution in [-0.2, 0) is 4.74 Å². The summed E-state index contributed by atoms with van der Waals surface area (Å²) in [7, 11) is 0. The summed E-state index contributed by atoms with van der Waals surface area (Å²) >= 11 is 0. The van der Waals surface area contributed by atoms with Gasteiger partial charge in [0.1, 0.15) is 0 Å². The maximum Gasteiger partial charge on any atom is 0.0674 e. The molecule has 102 valence electrons. The van der Waals surface area contributed by atoms with Crippen molar-refractivity contribution in [1.29, 1.82) is 0 Å². The molecule has 0 amide bonds. The van der Waals surface area contributed by atoms with E-state index in [0.717, 1.165) is 19.7 Å². The lowest BCUT2D eigenvalue weighted by atomic mass is 10.1. The molecule has 2 unspecified atom stereocenters. The SMILES string of the molecule is CCCCCNCCN1CC(C)OCC1CC. The summed E-state index contributed by atoms with van der Waals surface area (Å²) in [6, 6.07) is 0.628. The summed E-state index contributed by atoms with van der Waals surface area (Å²) < 4.78 is 5.71. The van der Waals surface area contributed by atoms with E-state index in [9.17, 15) is 0 Å². The third kappa shape index (κ3) is 5.84. The molecule has 1 heterocycles. The van der Waals surface area contributed by atoms with E-state index < -0.39 is 0 Å². The van der Waals surface area contributed by atoms with Crippen molar-refractivity contribution < 1.29 is 4.74 Å². The summed E-state index contributed by atoms with van der Waals surface area (Å²) in [5.74, 6) is 0. The van der Waals surface area contributed by atoms with Gasteiger partial charge in [0.25, 0.3) is 0 Å². The molecule has 0 saturated carbocycles. The van der Waals surface area contributed by atoms with Crippen molar-refractivity contribution in [3.05, 3.63) is 0 Å². The van der Waals surface area contributed by atoms with Gasteiger partial charge in [-0.25, -0.2) is 0 Å². The largest absolute Gasteiger partial charge is 0.376 e. The zero-order valence-corrected chi connectivity index (χ0v) is 11.9. The van der Waals surface area contributed by atoms with Crippen LogP contribution in [0.5, 0.6) is 0 Å². The van der Waals surface area contributed by atoms with Crippen LogP contribution in [0, 0.1) is 0 Å². The molecular weight excluding hydrogens is 212 g/mol.